The van der Waals surface area contributed by atoms with Crippen LogP contribution in [0, 0.1) is 0 Å². The molecule has 0 spiro atoms. The zero-order chi connectivity index (χ0) is 18.0. The Balaban J connectivity index is 2.27. The first-order chi connectivity index (χ1) is 12.1. The molecule has 0 saturated carbocycles. The van der Waals surface area contributed by atoms with Crippen molar-refractivity contribution < 1.29 is 19.1 Å². The van der Waals surface area contributed by atoms with Gasteiger partial charge in [0, 0.05) is 12.6 Å². The number of amides is 1. The van der Waals surface area contributed by atoms with Crippen LogP contribution in [-0.2, 0) is 10.2 Å². The van der Waals surface area contributed by atoms with Crippen LogP contribution in [-0.4, -0.2) is 32.6 Å². The maximum Gasteiger partial charge on any atom is 0.337 e. The summed E-state index contributed by atoms with van der Waals surface area (Å²) in [4.78, 5) is 24.4. The molecule has 1 unspecified atom stereocenters. The number of carbonyl (C=O) groups is 2. The predicted molar refractivity (Wildman–Crippen MR) is 94.2 cm³/mol. The highest BCUT2D eigenvalue weighted by atomic mass is 16.5. The van der Waals surface area contributed by atoms with Crippen LogP contribution in [0.2, 0.25) is 0 Å². The monoisotopic (exact) mass is 339 g/mol. The average molecular weight is 339 g/mol. The van der Waals surface area contributed by atoms with E-state index in [-0.39, 0.29) is 5.91 Å². The Morgan fingerprint density at radius 3 is 2.56 bits per heavy atom. The lowest BCUT2D eigenvalue weighted by molar-refractivity contribution is 0.0600. The molecular formula is C20H21NO4. The van der Waals surface area contributed by atoms with Crippen LogP contribution >= 0.6 is 0 Å². The molecule has 2 aromatic rings. The topological polar surface area (TPSA) is 64.6 Å². The number of esters is 1. The van der Waals surface area contributed by atoms with Gasteiger partial charge >= 0.3 is 5.97 Å². The summed E-state index contributed by atoms with van der Waals surface area (Å²) in [5.41, 5.74) is 2.25. The molecule has 25 heavy (non-hydrogen) atoms. The van der Waals surface area contributed by atoms with E-state index in [1.807, 2.05) is 30.3 Å². The fraction of sp³-hybridized carbons (Fsp3) is 0.300. The summed E-state index contributed by atoms with van der Waals surface area (Å²) in [6, 6.07) is 13.3. The molecule has 0 aromatic heterocycles. The van der Waals surface area contributed by atoms with Crippen LogP contribution in [0.25, 0.3) is 0 Å². The number of carbonyl (C=O) groups excluding carboxylic acids is 2. The van der Waals surface area contributed by atoms with Gasteiger partial charge in [0.15, 0.2) is 0 Å². The van der Waals surface area contributed by atoms with Crippen molar-refractivity contribution in [3.8, 4) is 5.75 Å². The molecule has 1 atom stereocenters. The highest BCUT2D eigenvalue weighted by Crippen LogP contribution is 2.47. The Labute approximate surface area is 147 Å². The fourth-order valence-electron chi connectivity index (χ4n) is 3.44. The Hall–Kier alpha value is -2.82. The van der Waals surface area contributed by atoms with Gasteiger partial charge in [0.25, 0.3) is 5.91 Å². The minimum absolute atomic E-state index is 0.290. The van der Waals surface area contributed by atoms with Crippen molar-refractivity contribution in [3.63, 3.8) is 0 Å². The van der Waals surface area contributed by atoms with Crippen molar-refractivity contribution in [2.45, 2.75) is 18.8 Å². The number of benzene rings is 2. The molecule has 0 bridgehead atoms. The van der Waals surface area contributed by atoms with Gasteiger partial charge < -0.3 is 14.8 Å². The zero-order valence-electron chi connectivity index (χ0n) is 14.6. The van der Waals surface area contributed by atoms with Gasteiger partial charge in [-0.2, -0.15) is 0 Å². The third-order valence-corrected chi connectivity index (χ3v) is 4.89. The number of hydrogen-bond donors (Lipinski definition) is 1. The van der Waals surface area contributed by atoms with Crippen molar-refractivity contribution in [2.24, 2.45) is 0 Å². The van der Waals surface area contributed by atoms with Crippen LogP contribution in [0.1, 0.15) is 45.2 Å². The van der Waals surface area contributed by atoms with Crippen molar-refractivity contribution >= 4 is 11.9 Å². The highest BCUT2D eigenvalue weighted by Gasteiger charge is 2.43. The largest absolute Gasteiger partial charge is 0.491 e. The standard InChI is InChI=1S/C20H21NO4/c1-4-20(14-8-6-5-7-9-14)12-25-17-15(18(22)21-2)10-13(11-16(17)20)19(23)24-3/h5-11H,4,12H2,1-3H3,(H,21,22). The normalized spacial score (nSPS) is 18.2. The molecule has 3 rings (SSSR count). The Morgan fingerprint density at radius 2 is 1.96 bits per heavy atom. The van der Waals surface area contributed by atoms with E-state index in [0.29, 0.717) is 23.5 Å². The summed E-state index contributed by atoms with van der Waals surface area (Å²) >= 11 is 0. The molecule has 5 heteroatoms. The molecule has 1 aliphatic rings. The van der Waals surface area contributed by atoms with E-state index in [1.165, 1.54) is 13.2 Å². The summed E-state index contributed by atoms with van der Waals surface area (Å²) in [5.74, 6) is -0.224. The molecule has 2 aromatic carbocycles. The summed E-state index contributed by atoms with van der Waals surface area (Å²) in [7, 11) is 2.88. The lowest BCUT2D eigenvalue weighted by Gasteiger charge is -2.27. The summed E-state index contributed by atoms with van der Waals surface area (Å²) in [6.07, 6.45) is 0.780. The lowest BCUT2D eigenvalue weighted by Crippen LogP contribution is -2.28. The molecule has 0 saturated heterocycles. The molecule has 0 radical (unpaired) electrons. The third-order valence-electron chi connectivity index (χ3n) is 4.89. The van der Waals surface area contributed by atoms with Gasteiger partial charge in [-0.15, -0.1) is 0 Å². The molecule has 1 amide bonds. The van der Waals surface area contributed by atoms with Gasteiger partial charge in [-0.3, -0.25) is 4.79 Å². The predicted octanol–water partition coefficient (Wildman–Crippen LogP) is 2.92. The van der Waals surface area contributed by atoms with Gasteiger partial charge in [0.05, 0.1) is 23.7 Å². The second-order valence-corrected chi connectivity index (χ2v) is 6.06. The van der Waals surface area contributed by atoms with Crippen LogP contribution in [0.5, 0.6) is 5.75 Å². The maximum atomic E-state index is 12.3. The summed E-state index contributed by atoms with van der Waals surface area (Å²) in [6.45, 7) is 2.51. The van der Waals surface area contributed by atoms with Crippen molar-refractivity contribution in [2.75, 3.05) is 20.8 Å². The van der Waals surface area contributed by atoms with Gasteiger partial charge in [-0.1, -0.05) is 37.3 Å². The molecule has 0 aliphatic carbocycles. The smallest absolute Gasteiger partial charge is 0.337 e. The molecule has 1 aliphatic heterocycles. The minimum Gasteiger partial charge on any atom is -0.491 e. The molecule has 130 valence electrons. The third kappa shape index (κ3) is 2.65. The van der Waals surface area contributed by atoms with E-state index in [4.69, 9.17) is 9.47 Å². The number of ether oxygens (including phenoxy) is 2. The van der Waals surface area contributed by atoms with Gasteiger partial charge in [0.1, 0.15) is 12.4 Å². The summed E-state index contributed by atoms with van der Waals surface area (Å²) in [5, 5.41) is 2.61. The Bertz CT molecular complexity index is 816. The molecule has 5 nitrogen and oxygen atoms in total. The van der Waals surface area contributed by atoms with Gasteiger partial charge in [0.2, 0.25) is 0 Å². The van der Waals surface area contributed by atoms with Crippen molar-refractivity contribution in [1.82, 2.24) is 5.32 Å². The van der Waals surface area contributed by atoms with Crippen LogP contribution in [0.4, 0.5) is 0 Å². The molecular weight excluding hydrogens is 318 g/mol. The first-order valence-electron chi connectivity index (χ1n) is 8.24. The first-order valence-corrected chi connectivity index (χ1v) is 8.24. The van der Waals surface area contributed by atoms with Gasteiger partial charge in [-0.05, 0) is 24.1 Å². The fourth-order valence-corrected chi connectivity index (χ4v) is 3.44. The van der Waals surface area contributed by atoms with Crippen LogP contribution in [0.3, 0.4) is 0 Å². The van der Waals surface area contributed by atoms with E-state index < -0.39 is 11.4 Å². The average Bonchev–Trinajstić information content (AvgIpc) is 3.06. The number of hydrogen-bond acceptors (Lipinski definition) is 4. The van der Waals surface area contributed by atoms with Crippen LogP contribution in [0.15, 0.2) is 42.5 Å². The first kappa shape index (κ1) is 17.0. The SMILES string of the molecule is CCC1(c2ccccc2)COc2c(C(=O)NC)cc(C(=O)OC)cc21. The van der Waals surface area contributed by atoms with Crippen molar-refractivity contribution in [3.05, 3.63) is 64.7 Å². The second-order valence-electron chi connectivity index (χ2n) is 6.06. The van der Waals surface area contributed by atoms with E-state index in [9.17, 15) is 9.59 Å². The number of fused-ring (bicyclic) bond motifs is 1. The highest BCUT2D eigenvalue weighted by molar-refractivity contribution is 6.01. The zero-order valence-corrected chi connectivity index (χ0v) is 14.6. The number of rotatable bonds is 4. The number of nitrogens with one attached hydrogen (secondary N) is 1. The van der Waals surface area contributed by atoms with Crippen molar-refractivity contribution in [1.29, 1.82) is 0 Å². The van der Waals surface area contributed by atoms with E-state index in [2.05, 4.69) is 12.2 Å². The molecule has 1 N–H and O–H groups in total. The lowest BCUT2D eigenvalue weighted by atomic mass is 9.73. The van der Waals surface area contributed by atoms with Gasteiger partial charge in [-0.25, -0.2) is 4.79 Å². The maximum absolute atomic E-state index is 12.3. The molecule has 0 fully saturated rings. The van der Waals surface area contributed by atoms with E-state index in [0.717, 1.165) is 17.5 Å². The second kappa shape index (κ2) is 6.59. The summed E-state index contributed by atoms with van der Waals surface area (Å²) < 4.78 is 10.8. The Morgan fingerprint density at radius 1 is 1.24 bits per heavy atom. The van der Waals surface area contributed by atoms with E-state index in [1.54, 1.807) is 13.1 Å². The van der Waals surface area contributed by atoms with Crippen LogP contribution < -0.4 is 10.1 Å². The minimum atomic E-state index is -0.474. The number of methoxy groups -OCH3 is 1. The van der Waals surface area contributed by atoms with E-state index >= 15 is 0 Å². The quantitative estimate of drug-likeness (QED) is 0.870. The Kier molecular flexibility index (Phi) is 4.49. The molecule has 1 heterocycles.